The lowest BCUT2D eigenvalue weighted by Crippen LogP contribution is -1.97. The second-order valence-corrected chi connectivity index (χ2v) is 4.73. The second kappa shape index (κ2) is 3.38. The molecule has 0 aliphatic heterocycles. The third-order valence-electron chi connectivity index (χ3n) is 1.31. The molecule has 1 aromatic heterocycles. The summed E-state index contributed by atoms with van der Waals surface area (Å²) >= 11 is 1.01. The van der Waals surface area contributed by atoms with Crippen LogP contribution in [-0.2, 0) is 16.5 Å². The zero-order chi connectivity index (χ0) is 9.19. The van der Waals surface area contributed by atoms with E-state index >= 15 is 0 Å². The maximum Gasteiger partial charge on any atom is 0.304 e. The second-order valence-electron chi connectivity index (χ2n) is 2.20. The summed E-state index contributed by atoms with van der Waals surface area (Å²) in [4.78, 5) is 0. The summed E-state index contributed by atoms with van der Waals surface area (Å²) in [5.74, 6) is 0. The zero-order valence-electron chi connectivity index (χ0n) is 6.23. The summed E-state index contributed by atoms with van der Waals surface area (Å²) in [5, 5.41) is 1.63. The van der Waals surface area contributed by atoms with E-state index in [1.165, 1.54) is 0 Å². The van der Waals surface area contributed by atoms with Gasteiger partial charge in [0.25, 0.3) is 0 Å². The highest BCUT2D eigenvalue weighted by molar-refractivity contribution is 7.88. The monoisotopic (exact) mass is 204 g/mol. The van der Waals surface area contributed by atoms with Gasteiger partial charge in [-0.15, -0.1) is 17.9 Å². The Balaban J connectivity index is 3.16. The quantitative estimate of drug-likeness (QED) is 0.602. The molecular formula is C7H8O3S2. The Bertz CT molecular complexity index is 375. The average Bonchev–Trinajstić information content (AvgIpc) is 2.34. The summed E-state index contributed by atoms with van der Waals surface area (Å²) in [6.45, 7) is 3.49. The van der Waals surface area contributed by atoms with Crippen molar-refractivity contribution < 1.29 is 13.0 Å². The fraction of sp³-hybridized carbons (Fsp3) is 0.143. The van der Waals surface area contributed by atoms with Crippen LogP contribution in [0, 0.1) is 0 Å². The number of hydrogen-bond acceptors (Lipinski definition) is 3. The molecule has 0 bridgehead atoms. The van der Waals surface area contributed by atoms with Crippen LogP contribution in [0.25, 0.3) is 0 Å². The van der Waals surface area contributed by atoms with Crippen LogP contribution < -0.4 is 0 Å². The van der Waals surface area contributed by atoms with Crippen LogP contribution >= 0.6 is 11.3 Å². The molecule has 1 rings (SSSR count). The summed E-state index contributed by atoms with van der Waals surface area (Å²) in [7, 11) is -4.04. The van der Waals surface area contributed by atoms with E-state index in [9.17, 15) is 8.42 Å². The Hall–Kier alpha value is -0.650. The molecule has 12 heavy (non-hydrogen) atoms. The third-order valence-corrected chi connectivity index (χ3v) is 3.70. The van der Waals surface area contributed by atoms with Gasteiger partial charge in [-0.25, -0.2) is 0 Å². The van der Waals surface area contributed by atoms with Crippen LogP contribution in [0.1, 0.15) is 5.56 Å². The van der Waals surface area contributed by atoms with Gasteiger partial charge in [-0.1, -0.05) is 6.08 Å². The topological polar surface area (TPSA) is 54.4 Å². The van der Waals surface area contributed by atoms with Crippen LogP contribution in [0.2, 0.25) is 0 Å². The van der Waals surface area contributed by atoms with Crippen LogP contribution in [0.3, 0.4) is 0 Å². The fourth-order valence-corrected chi connectivity index (χ4v) is 2.65. The van der Waals surface area contributed by atoms with Crippen molar-refractivity contribution >= 4 is 21.5 Å². The van der Waals surface area contributed by atoms with Crippen molar-refractivity contribution in [3.05, 3.63) is 29.7 Å². The molecule has 1 heterocycles. The van der Waals surface area contributed by atoms with Gasteiger partial charge < -0.3 is 0 Å². The Labute approximate surface area is 75.1 Å². The highest BCUT2D eigenvalue weighted by Gasteiger charge is 2.15. The molecular weight excluding hydrogens is 196 g/mol. The number of allylic oxidation sites excluding steroid dienone is 1. The van der Waals surface area contributed by atoms with E-state index < -0.39 is 10.1 Å². The lowest BCUT2D eigenvalue weighted by Gasteiger charge is -1.95. The highest BCUT2D eigenvalue weighted by Crippen LogP contribution is 2.22. The van der Waals surface area contributed by atoms with Crippen LogP contribution in [0.5, 0.6) is 0 Å². The first-order chi connectivity index (χ1) is 5.55. The molecule has 0 aliphatic carbocycles. The largest absolute Gasteiger partial charge is 0.304 e. The van der Waals surface area contributed by atoms with E-state index in [0.717, 1.165) is 11.3 Å². The third kappa shape index (κ3) is 1.94. The minimum atomic E-state index is -4.04. The Morgan fingerprint density at radius 1 is 1.67 bits per heavy atom. The molecule has 0 radical (unpaired) electrons. The van der Waals surface area contributed by atoms with Crippen LogP contribution in [0.15, 0.2) is 28.3 Å². The van der Waals surface area contributed by atoms with E-state index in [4.69, 9.17) is 4.55 Å². The van der Waals surface area contributed by atoms with Gasteiger partial charge in [0.15, 0.2) is 0 Å². The number of thiophene rings is 1. The van der Waals surface area contributed by atoms with Crippen molar-refractivity contribution in [2.75, 3.05) is 0 Å². The van der Waals surface area contributed by atoms with Crippen LogP contribution in [-0.4, -0.2) is 13.0 Å². The van der Waals surface area contributed by atoms with Crippen molar-refractivity contribution in [1.82, 2.24) is 0 Å². The Morgan fingerprint density at radius 3 is 2.83 bits per heavy atom. The molecule has 0 atom stereocenters. The Morgan fingerprint density at radius 2 is 2.33 bits per heavy atom. The first-order valence-electron chi connectivity index (χ1n) is 3.20. The molecule has 0 saturated heterocycles. The molecule has 66 valence electrons. The maximum absolute atomic E-state index is 10.7. The minimum absolute atomic E-state index is 0.0161. The summed E-state index contributed by atoms with van der Waals surface area (Å²) in [6, 6.07) is 1.66. The van der Waals surface area contributed by atoms with Gasteiger partial charge in [0.1, 0.15) is 4.21 Å². The zero-order valence-corrected chi connectivity index (χ0v) is 7.86. The van der Waals surface area contributed by atoms with Gasteiger partial charge in [-0.2, -0.15) is 8.42 Å². The first kappa shape index (κ1) is 9.44. The average molecular weight is 204 g/mol. The molecule has 0 aromatic carbocycles. The molecule has 1 aromatic rings. The smallest absolute Gasteiger partial charge is 0.281 e. The van der Waals surface area contributed by atoms with Crippen LogP contribution in [0.4, 0.5) is 0 Å². The lowest BCUT2D eigenvalue weighted by atomic mass is 10.2. The van der Waals surface area contributed by atoms with Gasteiger partial charge in [0.2, 0.25) is 0 Å². The van der Waals surface area contributed by atoms with Crippen molar-refractivity contribution in [3.63, 3.8) is 0 Å². The van der Waals surface area contributed by atoms with Gasteiger partial charge in [0.05, 0.1) is 0 Å². The minimum Gasteiger partial charge on any atom is -0.281 e. The summed E-state index contributed by atoms with van der Waals surface area (Å²) < 4.78 is 30.2. The Kier molecular flexibility index (Phi) is 2.66. The molecule has 0 saturated carbocycles. The van der Waals surface area contributed by atoms with Gasteiger partial charge >= 0.3 is 10.1 Å². The van der Waals surface area contributed by atoms with Crippen molar-refractivity contribution in [2.45, 2.75) is 10.6 Å². The van der Waals surface area contributed by atoms with E-state index in [2.05, 4.69) is 6.58 Å². The molecule has 5 heteroatoms. The van der Waals surface area contributed by atoms with E-state index in [1.54, 1.807) is 17.5 Å². The lowest BCUT2D eigenvalue weighted by molar-refractivity contribution is 0.485. The molecule has 0 spiro atoms. The molecule has 0 aliphatic rings. The molecule has 1 N–H and O–H groups in total. The van der Waals surface area contributed by atoms with Crippen molar-refractivity contribution in [3.8, 4) is 0 Å². The van der Waals surface area contributed by atoms with E-state index in [-0.39, 0.29) is 4.21 Å². The predicted octanol–water partition coefficient (Wildman–Crippen LogP) is 1.72. The summed E-state index contributed by atoms with van der Waals surface area (Å²) in [6.07, 6.45) is 2.05. The molecule has 0 amide bonds. The van der Waals surface area contributed by atoms with E-state index in [0.29, 0.717) is 12.0 Å². The van der Waals surface area contributed by atoms with Gasteiger partial charge in [-0.05, 0) is 23.4 Å². The number of rotatable bonds is 3. The molecule has 0 fully saturated rings. The summed E-state index contributed by atoms with van der Waals surface area (Å²) in [5.41, 5.74) is 0.595. The maximum atomic E-state index is 10.7. The normalized spacial score (nSPS) is 11.4. The van der Waals surface area contributed by atoms with Gasteiger partial charge in [0, 0.05) is 0 Å². The van der Waals surface area contributed by atoms with Crippen molar-refractivity contribution in [1.29, 1.82) is 0 Å². The molecule has 3 nitrogen and oxygen atoms in total. The number of hydrogen-bond donors (Lipinski definition) is 1. The SMILES string of the molecule is C=CCc1ccsc1S(=O)(=O)O. The predicted molar refractivity (Wildman–Crippen MR) is 48.0 cm³/mol. The van der Waals surface area contributed by atoms with Gasteiger partial charge in [-0.3, -0.25) is 4.55 Å². The molecule has 0 unspecified atom stereocenters. The highest BCUT2D eigenvalue weighted by atomic mass is 32.3. The standard InChI is InChI=1S/C7H8O3S2/c1-2-3-6-4-5-11-7(6)12(8,9)10/h2,4-5H,1,3H2,(H,8,9,10). The fourth-order valence-electron chi connectivity index (χ4n) is 0.855. The van der Waals surface area contributed by atoms with Crippen molar-refractivity contribution in [2.24, 2.45) is 0 Å². The first-order valence-corrected chi connectivity index (χ1v) is 5.52. The van der Waals surface area contributed by atoms with E-state index in [1.807, 2.05) is 0 Å².